The Labute approximate surface area is 589 Å². The lowest BCUT2D eigenvalue weighted by Gasteiger charge is -2.47. The highest BCUT2D eigenvalue weighted by atomic mass is 32.2. The van der Waals surface area contributed by atoms with Gasteiger partial charge in [0.2, 0.25) is 38.6 Å². The fraction of sp³-hybridized carbons (Fsp3) is 0.792. The number of nitrogens with one attached hydrogen (secondary N) is 4. The molecule has 10 fully saturated rings. The number of fused-ring (bicyclic) bond motifs is 6. The third-order valence-corrected chi connectivity index (χ3v) is 22.8. The number of ether oxygens (including phenoxy) is 9. The maximum absolute atomic E-state index is 14.6. The number of aliphatic hydroxyl groups excluding tert-OH is 1. The summed E-state index contributed by atoms with van der Waals surface area (Å²) in [6.07, 6.45) is 12.5. The molecule has 12 rings (SSSR count). The molecule has 100 heavy (non-hydrogen) atoms. The number of rotatable bonds is 29. The van der Waals surface area contributed by atoms with Gasteiger partial charge in [0.15, 0.2) is 5.79 Å². The average molecular weight is 1420 g/mol. The molecule has 0 aromatic carbocycles. The SMILES string of the molecule is C=C1C[C@@H]2CC[C@@]34CC5O[C@H]6[C@@H](O3)[C@H]3O[C@H](CC[C@@H]3O[C@H]6[C@H]5O4)CC(=O)C[C@@H]3[C@@H](OC)[C@@H](C[C@H](O)CNC(=O)CNC(=O)[C@H](CCCCN(CCC)CCC)NC(=O)[C@@H](NC(=O)CCCCCn4cc(-c5cnc(S(C)(=O)=O)nc5)nn4)C(C)C)O[C@H]3C[C@H]3O[C@@H](CCC1O2)C[C@@H](C)C3=C. The monoisotopic (exact) mass is 1420 g/mol. The van der Waals surface area contributed by atoms with E-state index in [1.54, 1.807) is 18.0 Å². The largest absolute Gasteiger partial charge is 0.391 e. The molecule has 2 aromatic rings. The average Bonchev–Trinajstić information content (AvgIpc) is 1.55. The van der Waals surface area contributed by atoms with Crippen LogP contribution in [-0.2, 0) is 83.0 Å². The van der Waals surface area contributed by atoms with Gasteiger partial charge in [-0.15, -0.1) is 5.10 Å². The van der Waals surface area contributed by atoms with E-state index in [-0.39, 0.29) is 128 Å². The molecule has 28 heteroatoms. The number of methoxy groups -OCH3 is 1. The number of unbranched alkanes of at least 4 members (excludes halogenated alkanes) is 3. The second-order valence-electron chi connectivity index (χ2n) is 30.1. The lowest BCUT2D eigenvalue weighted by molar-refractivity contribution is -0.292. The summed E-state index contributed by atoms with van der Waals surface area (Å²) in [5.41, 5.74) is 3.05. The first-order valence-electron chi connectivity index (χ1n) is 37.1. The van der Waals surface area contributed by atoms with Crippen LogP contribution in [0, 0.1) is 17.8 Å². The molecule has 21 atom stereocenters. The number of aromatic nitrogens is 5. The van der Waals surface area contributed by atoms with Crippen LogP contribution in [-0.4, -0.2) is 234 Å². The molecule has 12 heterocycles. The molecule has 2 unspecified atom stereocenters. The fourth-order valence-corrected chi connectivity index (χ4v) is 17.2. The van der Waals surface area contributed by atoms with Crippen molar-refractivity contribution >= 4 is 39.2 Å². The molecule has 10 aliphatic rings. The van der Waals surface area contributed by atoms with Crippen molar-refractivity contribution in [3.05, 3.63) is 42.9 Å². The first kappa shape index (κ1) is 75.9. The Balaban J connectivity index is 0.688. The van der Waals surface area contributed by atoms with Crippen LogP contribution in [0.15, 0.2) is 48.1 Å². The summed E-state index contributed by atoms with van der Waals surface area (Å²) in [4.78, 5) is 80.1. The van der Waals surface area contributed by atoms with E-state index in [2.05, 4.69) is 80.4 Å². The number of carbonyl (C=O) groups is 5. The Hall–Kier alpha value is -5.24. The van der Waals surface area contributed by atoms with Gasteiger partial charge in [0.25, 0.3) is 0 Å². The molecule has 0 saturated carbocycles. The zero-order valence-electron chi connectivity index (χ0n) is 59.6. The molecule has 5 N–H and O–H groups in total. The van der Waals surface area contributed by atoms with Crippen LogP contribution in [0.4, 0.5) is 0 Å². The van der Waals surface area contributed by atoms with Gasteiger partial charge >= 0.3 is 0 Å². The van der Waals surface area contributed by atoms with Crippen molar-refractivity contribution in [2.75, 3.05) is 46.1 Å². The first-order chi connectivity index (χ1) is 48.0. The van der Waals surface area contributed by atoms with Crippen molar-refractivity contribution in [2.45, 2.75) is 303 Å². The zero-order valence-corrected chi connectivity index (χ0v) is 60.5. The molecule has 27 nitrogen and oxygen atoms in total. The van der Waals surface area contributed by atoms with Crippen LogP contribution in [0.25, 0.3) is 11.3 Å². The van der Waals surface area contributed by atoms with Crippen molar-refractivity contribution in [3.8, 4) is 11.3 Å². The predicted octanol–water partition coefficient (Wildman–Crippen LogP) is 5.34. The van der Waals surface area contributed by atoms with Crippen molar-refractivity contribution in [3.63, 3.8) is 0 Å². The van der Waals surface area contributed by atoms with E-state index in [4.69, 9.17) is 42.6 Å². The molecule has 0 aliphatic carbocycles. The van der Waals surface area contributed by atoms with Gasteiger partial charge in [-0.05, 0) is 133 Å². The number of amides is 4. The van der Waals surface area contributed by atoms with Crippen molar-refractivity contribution in [1.82, 2.24) is 51.1 Å². The van der Waals surface area contributed by atoms with Crippen LogP contribution < -0.4 is 21.3 Å². The Morgan fingerprint density at radius 1 is 0.770 bits per heavy atom. The highest BCUT2D eigenvalue weighted by molar-refractivity contribution is 7.90. The second kappa shape index (κ2) is 34.1. The second-order valence-corrected chi connectivity index (χ2v) is 32.0. The topological polar surface area (TPSA) is 331 Å². The minimum atomic E-state index is -3.55. The van der Waals surface area contributed by atoms with E-state index >= 15 is 0 Å². The number of carbonyl (C=O) groups excluding carboxylic acids is 5. The Bertz CT molecular complexity index is 3260. The third-order valence-electron chi connectivity index (χ3n) is 21.9. The van der Waals surface area contributed by atoms with E-state index in [0.29, 0.717) is 75.6 Å². The summed E-state index contributed by atoms with van der Waals surface area (Å²) in [5.74, 6) is -3.41. The molecular weight excluding hydrogens is 1310 g/mol. The third kappa shape index (κ3) is 18.8. The minimum Gasteiger partial charge on any atom is -0.391 e. The molecule has 10 saturated heterocycles. The Kier molecular flexibility index (Phi) is 25.9. The van der Waals surface area contributed by atoms with Crippen LogP contribution >= 0.6 is 0 Å². The summed E-state index contributed by atoms with van der Waals surface area (Å²) >= 11 is 0. The van der Waals surface area contributed by atoms with E-state index in [9.17, 15) is 37.5 Å². The van der Waals surface area contributed by atoms with E-state index in [0.717, 1.165) is 88.4 Å². The zero-order chi connectivity index (χ0) is 71.0. The standard InChI is InChI=1S/C72H110N10O17S/c1-10-25-81(26-11-2)27-16-14-17-52(77-70(88)62(41(3)4)78-60(85)18-13-12-15-28-82-40-53(79-80-82)45-36-75-71(76-37-45)100(9,89)90)69(87)74-39-61(86)73-38-47(84)33-58-63(91-8)51-32-46(83)31-49-20-22-55-64(94-49)68-67-66(96-55)65-59(97-67)35-72(98-65,99-68)24-23-50-30-43(6)54(92-50)21-19-48-29-42(5)44(7)56(93-48)34-57(51)95-58/h36-37,40-42,47-52,54-59,62-68,84H,6-7,10-35,38-39H2,1-5,8-9H3,(H,73,86)(H,74,87)(H,77,88)(H,78,85)/t42-,47+,48+,49-,50+,51+,52+,54?,55+,56-,57+,58-,59?,62+,63-,64+,65+,66+,67-,68+,72+/m1/s1. The molecule has 4 amide bonds. The van der Waals surface area contributed by atoms with Gasteiger partial charge in [0.1, 0.15) is 54.1 Å². The van der Waals surface area contributed by atoms with E-state index < -0.39 is 94.5 Å². The van der Waals surface area contributed by atoms with Crippen LogP contribution in [0.5, 0.6) is 0 Å². The number of sulfone groups is 1. The summed E-state index contributed by atoms with van der Waals surface area (Å²) in [5, 5.41) is 31.1. The number of Topliss-reactive ketones (excluding diaryl/α,β-unsaturated/α-hetero) is 1. The van der Waals surface area contributed by atoms with Gasteiger partial charge in [-0.1, -0.05) is 59.4 Å². The lowest BCUT2D eigenvalue weighted by Crippen LogP contribution is -2.61. The summed E-state index contributed by atoms with van der Waals surface area (Å²) in [7, 11) is -1.96. The van der Waals surface area contributed by atoms with Gasteiger partial charge in [0, 0.05) is 95.3 Å². The van der Waals surface area contributed by atoms with E-state index in [1.807, 2.05) is 13.8 Å². The van der Waals surface area contributed by atoms with Crippen LogP contribution in [0.2, 0.25) is 0 Å². The minimum absolute atomic E-state index is 0.00372. The van der Waals surface area contributed by atoms with Gasteiger partial charge in [-0.3, -0.25) is 28.7 Å². The molecule has 1 spiro atoms. The van der Waals surface area contributed by atoms with Gasteiger partial charge in [0.05, 0.1) is 79.9 Å². The molecule has 556 valence electrons. The van der Waals surface area contributed by atoms with Crippen molar-refractivity contribution in [2.24, 2.45) is 17.8 Å². The fourth-order valence-electron chi connectivity index (χ4n) is 16.7. The highest BCUT2D eigenvalue weighted by Crippen LogP contribution is 2.55. The number of aryl methyl sites for hydroxylation is 1. The Morgan fingerprint density at radius 3 is 2.25 bits per heavy atom. The number of nitrogens with zero attached hydrogens (tertiary/aromatic N) is 6. The number of hydrogen-bond acceptors (Lipinski definition) is 22. The summed E-state index contributed by atoms with van der Waals surface area (Å²) < 4.78 is 86.3. The van der Waals surface area contributed by atoms with Gasteiger partial charge in [-0.2, -0.15) is 0 Å². The summed E-state index contributed by atoms with van der Waals surface area (Å²) in [6, 6.07) is -1.96. The maximum Gasteiger partial charge on any atom is 0.246 e. The maximum atomic E-state index is 14.6. The highest BCUT2D eigenvalue weighted by Gasteiger charge is 2.69. The first-order valence-corrected chi connectivity index (χ1v) is 39.0. The van der Waals surface area contributed by atoms with E-state index in [1.165, 1.54) is 12.4 Å². The number of aliphatic hydroxyl groups is 1. The normalized spacial score (nSPS) is 33.6. The quantitative estimate of drug-likeness (QED) is 0.0390. The number of hydrogen-bond donors (Lipinski definition) is 5. The molecule has 2 aromatic heterocycles. The Morgan fingerprint density at radius 2 is 1.50 bits per heavy atom. The summed E-state index contributed by atoms with van der Waals surface area (Å²) in [6.45, 7) is 21.7. The van der Waals surface area contributed by atoms with Crippen molar-refractivity contribution < 1.29 is 80.1 Å². The van der Waals surface area contributed by atoms with Crippen LogP contribution in [0.1, 0.15) is 176 Å². The molecule has 0 radical (unpaired) electrons. The number of ketones is 1. The molecule has 12 bridgehead atoms. The smallest absolute Gasteiger partial charge is 0.246 e. The van der Waals surface area contributed by atoms with Crippen LogP contribution in [0.3, 0.4) is 0 Å². The molecule has 10 aliphatic heterocycles. The van der Waals surface area contributed by atoms with Crippen molar-refractivity contribution in [1.29, 1.82) is 0 Å². The van der Waals surface area contributed by atoms with Gasteiger partial charge < -0.3 is 73.9 Å². The molecular formula is C72H110N10O17S. The lowest BCUT2D eigenvalue weighted by atomic mass is 9.81. The van der Waals surface area contributed by atoms with Gasteiger partial charge in [-0.25, -0.2) is 18.4 Å². The predicted molar refractivity (Wildman–Crippen MR) is 365 cm³/mol.